The van der Waals surface area contributed by atoms with Gasteiger partial charge in [-0.3, -0.25) is 4.79 Å². The average molecular weight is 569 g/mol. The van der Waals surface area contributed by atoms with Gasteiger partial charge in [-0.05, 0) is 46.7 Å². The number of carbonyl (C=O) groups is 2. The number of fused-ring (bicyclic) bond motifs is 2. The summed E-state index contributed by atoms with van der Waals surface area (Å²) >= 11 is 0. The summed E-state index contributed by atoms with van der Waals surface area (Å²) in [6.45, 7) is 0.124. The van der Waals surface area contributed by atoms with Gasteiger partial charge in [0.1, 0.15) is 25.4 Å². The SMILES string of the molecule is CN(C)c1ccc2c(-c3ccc(C(=O)NCCSS(C)(=O)=O)cc3C(=O)O)c3ccc(=[N+](C)C)cc-3oc2c1. The maximum absolute atomic E-state index is 12.7. The molecule has 11 heteroatoms. The highest BCUT2D eigenvalue weighted by Crippen LogP contribution is 2.42. The lowest BCUT2D eigenvalue weighted by atomic mass is 9.89. The van der Waals surface area contributed by atoms with Crippen molar-refractivity contribution in [3.05, 3.63) is 71.1 Å². The van der Waals surface area contributed by atoms with E-state index in [0.29, 0.717) is 22.5 Å². The van der Waals surface area contributed by atoms with Gasteiger partial charge in [-0.1, -0.05) is 6.07 Å². The number of anilines is 1. The quantitative estimate of drug-likeness (QED) is 0.144. The number of nitrogens with one attached hydrogen (secondary N) is 1. The summed E-state index contributed by atoms with van der Waals surface area (Å²) in [6.07, 6.45) is 1.10. The van der Waals surface area contributed by atoms with Crippen molar-refractivity contribution in [3.8, 4) is 22.5 Å². The van der Waals surface area contributed by atoms with Gasteiger partial charge in [-0.25, -0.2) is 17.8 Å². The third-order valence-electron chi connectivity index (χ3n) is 6.19. The van der Waals surface area contributed by atoms with Crippen molar-refractivity contribution >= 4 is 48.2 Å². The predicted octanol–water partition coefficient (Wildman–Crippen LogP) is 3.42. The molecule has 0 radical (unpaired) electrons. The van der Waals surface area contributed by atoms with Crippen molar-refractivity contribution in [1.29, 1.82) is 0 Å². The molecule has 2 aliphatic rings. The number of carboxylic acids is 1. The number of carboxylic acid groups (broad SMARTS) is 1. The summed E-state index contributed by atoms with van der Waals surface area (Å²) in [7, 11) is 5.24. The van der Waals surface area contributed by atoms with E-state index in [-0.39, 0.29) is 23.4 Å². The first-order valence-electron chi connectivity index (χ1n) is 12.0. The number of hydrogen-bond donors (Lipinski definition) is 2. The molecule has 0 saturated carbocycles. The molecular formula is C28H30N3O6S2+. The molecule has 0 unspecified atom stereocenters. The van der Waals surface area contributed by atoms with Crippen molar-refractivity contribution in [1.82, 2.24) is 9.89 Å². The molecule has 1 amide bonds. The molecule has 204 valence electrons. The van der Waals surface area contributed by atoms with Crippen LogP contribution in [0.25, 0.3) is 33.4 Å². The van der Waals surface area contributed by atoms with Crippen LogP contribution in [0.15, 0.2) is 59.0 Å². The molecule has 0 spiro atoms. The third-order valence-corrected chi connectivity index (χ3v) is 8.77. The Bertz CT molecular complexity index is 1740. The molecule has 2 aromatic carbocycles. The number of nitrogens with zero attached hydrogens (tertiary/aromatic N) is 2. The Balaban J connectivity index is 1.88. The Morgan fingerprint density at radius 1 is 1.03 bits per heavy atom. The first-order chi connectivity index (χ1) is 18.4. The van der Waals surface area contributed by atoms with E-state index in [2.05, 4.69) is 5.32 Å². The zero-order valence-electron chi connectivity index (χ0n) is 22.3. The van der Waals surface area contributed by atoms with E-state index in [1.54, 1.807) is 12.1 Å². The Hall–Kier alpha value is -3.83. The number of carbonyl (C=O) groups excluding carboxylic acids is 1. The fourth-order valence-electron chi connectivity index (χ4n) is 4.25. The molecule has 9 nitrogen and oxygen atoms in total. The summed E-state index contributed by atoms with van der Waals surface area (Å²) in [5.74, 6) is -0.878. The van der Waals surface area contributed by atoms with E-state index >= 15 is 0 Å². The number of hydrogen-bond acceptors (Lipinski definition) is 7. The van der Waals surface area contributed by atoms with Crippen LogP contribution in [0.1, 0.15) is 20.7 Å². The van der Waals surface area contributed by atoms with Gasteiger partial charge in [-0.2, -0.15) is 0 Å². The van der Waals surface area contributed by atoms with Crippen LogP contribution in [-0.4, -0.2) is 72.1 Å². The third kappa shape index (κ3) is 6.26. The predicted molar refractivity (Wildman–Crippen MR) is 156 cm³/mol. The standard InChI is InChI=1S/C28H29N3O6S2/c1-30(2)18-7-10-21-24(15-18)37-25-16-19(31(3)4)8-11-22(25)26(21)20-9-6-17(14-23(20)28(33)34)27(32)29-12-13-38-39(5,35)36/h6-11,14-16H,12-13H2,1-5H3,(H-,29,32,33,34)/p+1. The number of benzene rings is 3. The average Bonchev–Trinajstić information content (AvgIpc) is 2.87. The minimum absolute atomic E-state index is 0.0321. The first-order valence-corrected chi connectivity index (χ1v) is 15.4. The van der Waals surface area contributed by atoms with E-state index in [4.69, 9.17) is 4.42 Å². The van der Waals surface area contributed by atoms with Crippen molar-refractivity contribution in [3.63, 3.8) is 0 Å². The lowest BCUT2D eigenvalue weighted by molar-refractivity contribution is 0.0697. The molecule has 1 heterocycles. The van der Waals surface area contributed by atoms with E-state index in [1.165, 1.54) is 6.07 Å². The molecule has 0 saturated heterocycles. The molecule has 0 fully saturated rings. The van der Waals surface area contributed by atoms with Gasteiger partial charge < -0.3 is 19.7 Å². The molecule has 0 bridgehead atoms. The summed E-state index contributed by atoms with van der Waals surface area (Å²) in [4.78, 5) is 27.2. The van der Waals surface area contributed by atoms with Gasteiger partial charge in [0, 0.05) is 72.5 Å². The molecule has 0 aromatic heterocycles. The first kappa shape index (κ1) is 28.2. The van der Waals surface area contributed by atoms with Crippen molar-refractivity contribution in [2.45, 2.75) is 0 Å². The van der Waals surface area contributed by atoms with Crippen LogP contribution in [0.4, 0.5) is 5.69 Å². The van der Waals surface area contributed by atoms with Gasteiger partial charge in [0.15, 0.2) is 8.87 Å². The van der Waals surface area contributed by atoms with Crippen molar-refractivity contribution in [2.24, 2.45) is 0 Å². The Morgan fingerprint density at radius 2 is 1.74 bits per heavy atom. The lowest BCUT2D eigenvalue weighted by Crippen LogP contribution is -2.26. The molecular weight excluding hydrogens is 538 g/mol. The molecule has 2 aromatic rings. The maximum atomic E-state index is 12.7. The van der Waals surface area contributed by atoms with Crippen LogP contribution in [0.2, 0.25) is 0 Å². The summed E-state index contributed by atoms with van der Waals surface area (Å²) in [5.41, 5.74) is 3.54. The Morgan fingerprint density at radius 3 is 2.38 bits per heavy atom. The van der Waals surface area contributed by atoms with Crippen LogP contribution in [-0.2, 0) is 8.87 Å². The number of aromatic carboxylic acids is 1. The molecule has 1 aliphatic carbocycles. The second-order valence-electron chi connectivity index (χ2n) is 9.47. The minimum atomic E-state index is -3.22. The van der Waals surface area contributed by atoms with Gasteiger partial charge in [0.2, 0.25) is 5.36 Å². The monoisotopic (exact) mass is 568 g/mol. The number of amides is 1. The summed E-state index contributed by atoms with van der Waals surface area (Å²) < 4.78 is 30.9. The lowest BCUT2D eigenvalue weighted by Gasteiger charge is -2.19. The molecule has 39 heavy (non-hydrogen) atoms. The fourth-order valence-corrected chi connectivity index (χ4v) is 5.90. The highest BCUT2D eigenvalue weighted by atomic mass is 33.1. The van der Waals surface area contributed by atoms with Crippen LogP contribution in [0, 0.1) is 0 Å². The molecule has 0 atom stereocenters. The van der Waals surface area contributed by atoms with Crippen LogP contribution in [0.5, 0.6) is 0 Å². The van der Waals surface area contributed by atoms with Gasteiger partial charge in [-0.15, -0.1) is 0 Å². The van der Waals surface area contributed by atoms with Crippen molar-refractivity contribution < 1.29 is 27.5 Å². The van der Waals surface area contributed by atoms with E-state index in [9.17, 15) is 23.1 Å². The van der Waals surface area contributed by atoms with E-state index in [1.807, 2.05) is 74.1 Å². The molecule has 2 N–H and O–H groups in total. The van der Waals surface area contributed by atoms with Gasteiger partial charge >= 0.3 is 5.97 Å². The van der Waals surface area contributed by atoms with Crippen molar-refractivity contribution in [2.75, 3.05) is 51.6 Å². The van der Waals surface area contributed by atoms with Gasteiger partial charge in [0.05, 0.1) is 11.6 Å². The van der Waals surface area contributed by atoms with E-state index in [0.717, 1.165) is 39.0 Å². The second-order valence-corrected chi connectivity index (χ2v) is 14.1. The highest BCUT2D eigenvalue weighted by molar-refractivity contribution is 8.71. The maximum Gasteiger partial charge on any atom is 0.336 e. The summed E-state index contributed by atoms with van der Waals surface area (Å²) in [6, 6.07) is 16.1. The van der Waals surface area contributed by atoms with Crippen LogP contribution < -0.4 is 20.1 Å². The van der Waals surface area contributed by atoms with Gasteiger partial charge in [0.25, 0.3) is 5.91 Å². The normalized spacial score (nSPS) is 11.5. The largest absolute Gasteiger partial charge is 0.478 e. The highest BCUT2D eigenvalue weighted by Gasteiger charge is 2.23. The zero-order valence-corrected chi connectivity index (χ0v) is 23.9. The fraction of sp³-hybridized carbons (Fsp3) is 0.250. The minimum Gasteiger partial charge on any atom is -0.478 e. The Labute approximate surface area is 230 Å². The summed E-state index contributed by atoms with van der Waals surface area (Å²) in [5, 5.41) is 14.5. The Kier molecular flexibility index (Phi) is 8.03. The van der Waals surface area contributed by atoms with E-state index < -0.39 is 20.7 Å². The zero-order chi connectivity index (χ0) is 28.5. The van der Waals surface area contributed by atoms with Crippen LogP contribution in [0.3, 0.4) is 0 Å². The molecule has 1 aliphatic heterocycles. The number of rotatable bonds is 8. The second kappa shape index (κ2) is 11.1. The topological polar surface area (TPSA) is 120 Å². The van der Waals surface area contributed by atoms with Crippen LogP contribution >= 0.6 is 10.8 Å². The smallest absolute Gasteiger partial charge is 0.336 e. The molecule has 4 rings (SSSR count).